The number of halogens is 1. The van der Waals surface area contributed by atoms with Crippen LogP contribution in [-0.4, -0.2) is 22.6 Å². The molecule has 96 valence electrons. The molecule has 2 nitrogen and oxygen atoms in total. The zero-order chi connectivity index (χ0) is 12.5. The van der Waals surface area contributed by atoms with Gasteiger partial charge in [0.05, 0.1) is 0 Å². The van der Waals surface area contributed by atoms with Crippen molar-refractivity contribution in [1.29, 1.82) is 0 Å². The molecule has 1 saturated heterocycles. The molecule has 0 radical (unpaired) electrons. The smallest absolute Gasteiger partial charge is 0.0494 e. The van der Waals surface area contributed by atoms with E-state index < -0.39 is 0 Å². The summed E-state index contributed by atoms with van der Waals surface area (Å²) in [5, 5.41) is 1.34. The van der Waals surface area contributed by atoms with Gasteiger partial charge in [0.15, 0.2) is 0 Å². The van der Waals surface area contributed by atoms with E-state index in [-0.39, 0.29) is 0 Å². The first-order valence-corrected chi connectivity index (χ1v) is 7.58. The maximum absolute atomic E-state index is 3.66. The van der Waals surface area contributed by atoms with Crippen molar-refractivity contribution in [2.24, 2.45) is 0 Å². The van der Waals surface area contributed by atoms with E-state index >= 15 is 0 Å². The van der Waals surface area contributed by atoms with E-state index in [0.717, 1.165) is 13.1 Å². The molecule has 1 aromatic heterocycles. The molecule has 1 fully saturated rings. The topological polar surface area (TPSA) is 8.17 Å². The van der Waals surface area contributed by atoms with E-state index in [0.29, 0.717) is 0 Å². The average Bonchev–Trinajstić information content (AvgIpc) is 2.97. The molecule has 2 heterocycles. The fourth-order valence-electron chi connectivity index (χ4n) is 2.98. The second kappa shape index (κ2) is 5.06. The van der Waals surface area contributed by atoms with E-state index in [1.54, 1.807) is 0 Å². The van der Waals surface area contributed by atoms with Crippen LogP contribution < -0.4 is 0 Å². The van der Waals surface area contributed by atoms with Crippen LogP contribution in [0.25, 0.3) is 10.9 Å². The minimum Gasteiger partial charge on any atom is -0.344 e. The van der Waals surface area contributed by atoms with Crippen molar-refractivity contribution in [2.75, 3.05) is 13.1 Å². The zero-order valence-corrected chi connectivity index (χ0v) is 12.4. The number of nitrogens with zero attached hydrogens (tertiary/aromatic N) is 2. The highest BCUT2D eigenvalue weighted by Crippen LogP contribution is 2.28. The van der Waals surface area contributed by atoms with Crippen LogP contribution in [0.3, 0.4) is 0 Å². The van der Waals surface area contributed by atoms with Crippen LogP contribution in [0, 0.1) is 0 Å². The molecular formula is C15H19BrN2. The highest BCUT2D eigenvalue weighted by molar-refractivity contribution is 9.10. The van der Waals surface area contributed by atoms with E-state index in [1.165, 1.54) is 47.0 Å². The number of aromatic nitrogens is 1. The first kappa shape index (κ1) is 12.2. The first-order chi connectivity index (χ1) is 8.79. The molecular weight excluding hydrogens is 288 g/mol. The summed E-state index contributed by atoms with van der Waals surface area (Å²) >= 11 is 3.66. The first-order valence-electron chi connectivity index (χ1n) is 6.78. The lowest BCUT2D eigenvalue weighted by Crippen LogP contribution is -2.20. The lowest BCUT2D eigenvalue weighted by Gasteiger charge is -2.16. The predicted octanol–water partition coefficient (Wildman–Crippen LogP) is 4.02. The second-order valence-corrected chi connectivity index (χ2v) is 5.89. The van der Waals surface area contributed by atoms with Gasteiger partial charge in [0.1, 0.15) is 0 Å². The van der Waals surface area contributed by atoms with Gasteiger partial charge in [-0.2, -0.15) is 0 Å². The molecule has 1 aliphatic heterocycles. The molecule has 1 aliphatic rings. The third-order valence-corrected chi connectivity index (χ3v) is 4.57. The van der Waals surface area contributed by atoms with Crippen molar-refractivity contribution < 1.29 is 0 Å². The summed E-state index contributed by atoms with van der Waals surface area (Å²) in [4.78, 5) is 2.56. The summed E-state index contributed by atoms with van der Waals surface area (Å²) in [5.74, 6) is 0. The molecule has 0 atom stereocenters. The number of hydrogen-bond donors (Lipinski definition) is 0. The summed E-state index contributed by atoms with van der Waals surface area (Å²) in [6.07, 6.45) is 2.71. The van der Waals surface area contributed by atoms with Crippen LogP contribution >= 0.6 is 15.9 Å². The Morgan fingerprint density at radius 2 is 2.00 bits per heavy atom. The van der Waals surface area contributed by atoms with Crippen LogP contribution in [0.2, 0.25) is 0 Å². The second-order valence-electron chi connectivity index (χ2n) is 5.04. The van der Waals surface area contributed by atoms with Gasteiger partial charge >= 0.3 is 0 Å². The Hall–Kier alpha value is -0.800. The molecule has 0 unspecified atom stereocenters. The molecule has 1 aromatic carbocycles. The fraction of sp³-hybridized carbons (Fsp3) is 0.467. The van der Waals surface area contributed by atoms with Gasteiger partial charge in [-0.25, -0.2) is 0 Å². The number of fused-ring (bicyclic) bond motifs is 1. The molecule has 0 bridgehead atoms. The molecule has 0 spiro atoms. The Morgan fingerprint density at radius 3 is 2.72 bits per heavy atom. The van der Waals surface area contributed by atoms with Crippen molar-refractivity contribution in [3.63, 3.8) is 0 Å². The van der Waals surface area contributed by atoms with Gasteiger partial charge in [-0.05, 0) is 51.1 Å². The number of aryl methyl sites for hydroxylation is 1. The van der Waals surface area contributed by atoms with E-state index in [4.69, 9.17) is 0 Å². The Morgan fingerprint density at radius 1 is 1.22 bits per heavy atom. The van der Waals surface area contributed by atoms with Gasteiger partial charge in [0.25, 0.3) is 0 Å². The lowest BCUT2D eigenvalue weighted by molar-refractivity contribution is 0.322. The summed E-state index contributed by atoms with van der Waals surface area (Å²) in [6.45, 7) is 6.88. The lowest BCUT2D eigenvalue weighted by atomic mass is 10.2. The summed E-state index contributed by atoms with van der Waals surface area (Å²) < 4.78 is 3.65. The molecule has 2 aromatic rings. The number of hydrogen-bond acceptors (Lipinski definition) is 1. The minimum absolute atomic E-state index is 1.04. The van der Waals surface area contributed by atoms with Crippen molar-refractivity contribution >= 4 is 26.8 Å². The number of likely N-dealkylation sites (tertiary alicyclic amines) is 1. The standard InChI is InChI=1S/C15H19BrN2/c1-2-18-12(11-17-8-3-4-9-17)10-13-14(16)6-5-7-15(13)18/h5-7,10H,2-4,8-9,11H2,1H3. The van der Waals surface area contributed by atoms with Crippen LogP contribution in [-0.2, 0) is 13.1 Å². The highest BCUT2D eigenvalue weighted by Gasteiger charge is 2.15. The van der Waals surface area contributed by atoms with Crippen LogP contribution in [0.15, 0.2) is 28.7 Å². The van der Waals surface area contributed by atoms with Gasteiger partial charge in [-0.1, -0.05) is 22.0 Å². The molecule has 3 heteroatoms. The van der Waals surface area contributed by atoms with E-state index in [2.05, 4.69) is 56.6 Å². The minimum atomic E-state index is 1.04. The van der Waals surface area contributed by atoms with Gasteiger partial charge < -0.3 is 4.57 Å². The molecule has 18 heavy (non-hydrogen) atoms. The molecule has 0 N–H and O–H groups in total. The van der Waals surface area contributed by atoms with E-state index in [1.807, 2.05) is 0 Å². The predicted molar refractivity (Wildman–Crippen MR) is 79.8 cm³/mol. The highest BCUT2D eigenvalue weighted by atomic mass is 79.9. The SMILES string of the molecule is CCn1c(CN2CCCC2)cc2c(Br)cccc21. The van der Waals surface area contributed by atoms with Gasteiger partial charge in [0.2, 0.25) is 0 Å². The van der Waals surface area contributed by atoms with Gasteiger partial charge in [-0.3, -0.25) is 4.90 Å². The van der Waals surface area contributed by atoms with Crippen molar-refractivity contribution in [3.8, 4) is 0 Å². The quantitative estimate of drug-likeness (QED) is 0.831. The molecule has 0 amide bonds. The largest absolute Gasteiger partial charge is 0.344 e. The normalized spacial score (nSPS) is 16.8. The zero-order valence-electron chi connectivity index (χ0n) is 10.8. The number of rotatable bonds is 3. The summed E-state index contributed by atoms with van der Waals surface area (Å²) in [7, 11) is 0. The average molecular weight is 307 g/mol. The van der Waals surface area contributed by atoms with E-state index in [9.17, 15) is 0 Å². The van der Waals surface area contributed by atoms with Crippen molar-refractivity contribution in [2.45, 2.75) is 32.9 Å². The van der Waals surface area contributed by atoms with Crippen molar-refractivity contribution in [3.05, 3.63) is 34.4 Å². The maximum atomic E-state index is 3.66. The van der Waals surface area contributed by atoms with Crippen LogP contribution in [0.5, 0.6) is 0 Å². The van der Waals surface area contributed by atoms with Crippen LogP contribution in [0.1, 0.15) is 25.5 Å². The Labute approximate surface area is 117 Å². The Kier molecular flexibility index (Phi) is 3.44. The number of benzene rings is 1. The van der Waals surface area contributed by atoms with Crippen LogP contribution in [0.4, 0.5) is 0 Å². The summed E-state index contributed by atoms with van der Waals surface area (Å²) in [6, 6.07) is 8.82. The molecule has 3 rings (SSSR count). The maximum Gasteiger partial charge on any atom is 0.0494 e. The van der Waals surface area contributed by atoms with Gasteiger partial charge in [0, 0.05) is 34.2 Å². The van der Waals surface area contributed by atoms with Gasteiger partial charge in [-0.15, -0.1) is 0 Å². The fourth-order valence-corrected chi connectivity index (χ4v) is 3.45. The Balaban J connectivity index is 2.02. The Bertz CT molecular complexity index is 553. The monoisotopic (exact) mass is 306 g/mol. The summed E-state index contributed by atoms with van der Waals surface area (Å²) in [5.41, 5.74) is 2.79. The molecule has 0 aliphatic carbocycles. The third kappa shape index (κ3) is 2.10. The molecule has 0 saturated carbocycles. The van der Waals surface area contributed by atoms with Crippen molar-refractivity contribution in [1.82, 2.24) is 9.47 Å². The third-order valence-electron chi connectivity index (χ3n) is 3.88.